The van der Waals surface area contributed by atoms with E-state index in [1.165, 1.54) is 0 Å². The molecule has 1 saturated heterocycles. The summed E-state index contributed by atoms with van der Waals surface area (Å²) in [4.78, 5) is 26.9. The summed E-state index contributed by atoms with van der Waals surface area (Å²) in [6, 6.07) is 14.0. The van der Waals surface area contributed by atoms with Crippen LogP contribution in [0.5, 0.6) is 11.5 Å². The van der Waals surface area contributed by atoms with Gasteiger partial charge in [-0.2, -0.15) is 0 Å². The zero-order chi connectivity index (χ0) is 23.1. The summed E-state index contributed by atoms with van der Waals surface area (Å²) in [5.41, 5.74) is 0. The van der Waals surface area contributed by atoms with Gasteiger partial charge in [-0.15, -0.1) is 0 Å². The third-order valence-corrected chi connectivity index (χ3v) is 5.90. The zero-order valence-corrected chi connectivity index (χ0v) is 19.7. The van der Waals surface area contributed by atoms with Gasteiger partial charge in [0, 0.05) is 29.7 Å². The maximum Gasteiger partial charge on any atom is 0.263 e. The molecule has 2 aromatic rings. The van der Waals surface area contributed by atoms with Crippen LogP contribution in [-0.4, -0.2) is 48.6 Å². The van der Waals surface area contributed by atoms with Crippen molar-refractivity contribution in [2.24, 2.45) is 5.92 Å². The van der Waals surface area contributed by atoms with Crippen LogP contribution >= 0.6 is 23.2 Å². The molecule has 0 spiro atoms. The minimum atomic E-state index is -0.625. The molecule has 0 radical (unpaired) electrons. The largest absolute Gasteiger partial charge is 0.481 e. The van der Waals surface area contributed by atoms with Crippen molar-refractivity contribution in [1.82, 2.24) is 10.2 Å². The molecule has 6 nitrogen and oxygen atoms in total. The highest BCUT2D eigenvalue weighted by molar-refractivity contribution is 6.31. The topological polar surface area (TPSA) is 67.9 Å². The van der Waals surface area contributed by atoms with Gasteiger partial charge in [0.1, 0.15) is 11.5 Å². The van der Waals surface area contributed by atoms with Crippen LogP contribution in [0.2, 0.25) is 10.0 Å². The van der Waals surface area contributed by atoms with Crippen molar-refractivity contribution in [3.05, 3.63) is 58.6 Å². The van der Waals surface area contributed by atoms with Crippen LogP contribution in [0.4, 0.5) is 0 Å². The van der Waals surface area contributed by atoms with Gasteiger partial charge in [-0.3, -0.25) is 9.59 Å². The minimum Gasteiger partial charge on any atom is -0.481 e. The fourth-order valence-electron chi connectivity index (χ4n) is 3.60. The van der Waals surface area contributed by atoms with Gasteiger partial charge in [-0.1, -0.05) is 35.3 Å². The summed E-state index contributed by atoms with van der Waals surface area (Å²) in [6.07, 6.45) is 0.424. The third-order valence-electron chi connectivity index (χ3n) is 5.43. The Morgan fingerprint density at radius 2 is 1.50 bits per heavy atom. The summed E-state index contributed by atoms with van der Waals surface area (Å²) in [7, 11) is 0. The van der Waals surface area contributed by atoms with Crippen LogP contribution in [0.25, 0.3) is 0 Å². The fourth-order valence-corrected chi connectivity index (χ4v) is 3.96. The van der Waals surface area contributed by atoms with Crippen LogP contribution in [0.3, 0.4) is 0 Å². The van der Waals surface area contributed by atoms with Crippen LogP contribution < -0.4 is 14.8 Å². The number of carbonyl (C=O) groups excluding carboxylic acids is 2. The van der Waals surface area contributed by atoms with Gasteiger partial charge in [0.05, 0.1) is 0 Å². The molecular formula is C24H28Cl2N2O4. The summed E-state index contributed by atoms with van der Waals surface area (Å²) < 4.78 is 11.4. The van der Waals surface area contributed by atoms with Crippen molar-refractivity contribution in [3.63, 3.8) is 0 Å². The molecule has 1 aliphatic heterocycles. The SMILES string of the molecule is C[C@@H](Oc1cccc(Cl)c1)C(=O)NCC1CCN(C(=O)[C@@H](C)Oc2cccc(Cl)c2)CC1. The van der Waals surface area contributed by atoms with Gasteiger partial charge in [-0.25, -0.2) is 0 Å². The first-order chi connectivity index (χ1) is 15.3. The number of hydrogen-bond donors (Lipinski definition) is 1. The quantitative estimate of drug-likeness (QED) is 0.602. The Labute approximate surface area is 198 Å². The van der Waals surface area contributed by atoms with Crippen molar-refractivity contribution in [1.29, 1.82) is 0 Å². The van der Waals surface area contributed by atoms with Crippen LogP contribution in [0, 0.1) is 5.92 Å². The van der Waals surface area contributed by atoms with Crippen molar-refractivity contribution in [2.75, 3.05) is 19.6 Å². The van der Waals surface area contributed by atoms with Crippen LogP contribution in [0.15, 0.2) is 48.5 Å². The number of nitrogens with one attached hydrogen (secondary N) is 1. The van der Waals surface area contributed by atoms with E-state index in [0.717, 1.165) is 12.8 Å². The average molecular weight is 479 g/mol. The summed E-state index contributed by atoms with van der Waals surface area (Å²) in [6.45, 7) is 5.28. The van der Waals surface area contributed by atoms with Gasteiger partial charge in [-0.05, 0) is 69.0 Å². The molecule has 0 aliphatic carbocycles. The fraction of sp³-hybridized carbons (Fsp3) is 0.417. The van der Waals surface area contributed by atoms with E-state index in [-0.39, 0.29) is 11.8 Å². The van der Waals surface area contributed by atoms with Gasteiger partial charge in [0.2, 0.25) is 0 Å². The molecule has 1 fully saturated rings. The highest BCUT2D eigenvalue weighted by atomic mass is 35.5. The molecule has 1 N–H and O–H groups in total. The van der Waals surface area contributed by atoms with E-state index in [9.17, 15) is 9.59 Å². The molecule has 2 atom stereocenters. The van der Waals surface area contributed by atoms with E-state index < -0.39 is 12.2 Å². The van der Waals surface area contributed by atoms with Gasteiger partial charge in [0.25, 0.3) is 11.8 Å². The maximum absolute atomic E-state index is 12.7. The molecule has 8 heteroatoms. The zero-order valence-electron chi connectivity index (χ0n) is 18.2. The molecule has 3 rings (SSSR count). The predicted molar refractivity (Wildman–Crippen MR) is 125 cm³/mol. The molecule has 32 heavy (non-hydrogen) atoms. The van der Waals surface area contributed by atoms with Crippen molar-refractivity contribution >= 4 is 35.0 Å². The van der Waals surface area contributed by atoms with E-state index in [1.807, 2.05) is 4.90 Å². The smallest absolute Gasteiger partial charge is 0.263 e. The van der Waals surface area contributed by atoms with E-state index >= 15 is 0 Å². The lowest BCUT2D eigenvalue weighted by molar-refractivity contribution is -0.139. The molecule has 0 saturated carbocycles. The number of benzene rings is 2. The first-order valence-electron chi connectivity index (χ1n) is 10.7. The average Bonchev–Trinajstić information content (AvgIpc) is 2.77. The molecule has 2 amide bonds. The molecule has 2 aromatic carbocycles. The summed E-state index contributed by atoms with van der Waals surface area (Å²) >= 11 is 11.9. The maximum atomic E-state index is 12.7. The van der Waals surface area contributed by atoms with Gasteiger partial charge < -0.3 is 19.7 Å². The molecule has 1 aliphatic rings. The van der Waals surface area contributed by atoms with E-state index in [4.69, 9.17) is 32.7 Å². The number of hydrogen-bond acceptors (Lipinski definition) is 4. The Bertz CT molecular complexity index is 932. The number of piperidine rings is 1. The molecule has 0 bridgehead atoms. The lowest BCUT2D eigenvalue weighted by Crippen LogP contribution is -2.47. The van der Waals surface area contributed by atoms with Gasteiger partial charge >= 0.3 is 0 Å². The summed E-state index contributed by atoms with van der Waals surface area (Å²) in [5.74, 6) is 1.22. The number of amides is 2. The minimum absolute atomic E-state index is 0.0454. The van der Waals surface area contributed by atoms with Crippen LogP contribution in [0.1, 0.15) is 26.7 Å². The standard InChI is InChI=1S/C24H28Cl2N2O4/c1-16(31-21-7-3-5-19(25)13-21)23(29)27-15-18-9-11-28(12-10-18)24(30)17(2)32-22-8-4-6-20(26)14-22/h3-8,13-14,16-18H,9-12,15H2,1-2H3,(H,27,29)/t16-,17-/m1/s1. The monoisotopic (exact) mass is 478 g/mol. The Kier molecular flexibility index (Phi) is 8.65. The van der Waals surface area contributed by atoms with Crippen molar-refractivity contribution < 1.29 is 19.1 Å². The second-order valence-electron chi connectivity index (χ2n) is 7.95. The second kappa shape index (κ2) is 11.4. The number of nitrogens with zero attached hydrogens (tertiary/aromatic N) is 1. The Morgan fingerprint density at radius 3 is 2.03 bits per heavy atom. The lowest BCUT2D eigenvalue weighted by atomic mass is 9.96. The molecule has 1 heterocycles. The number of likely N-dealkylation sites (tertiary alicyclic amines) is 1. The first-order valence-corrected chi connectivity index (χ1v) is 11.5. The Balaban J connectivity index is 1.39. The second-order valence-corrected chi connectivity index (χ2v) is 8.82. The van der Waals surface area contributed by atoms with Gasteiger partial charge in [0.15, 0.2) is 12.2 Å². The highest BCUT2D eigenvalue weighted by Gasteiger charge is 2.27. The normalized spacial score (nSPS) is 16.2. The van der Waals surface area contributed by atoms with E-state index in [1.54, 1.807) is 62.4 Å². The molecular weight excluding hydrogens is 451 g/mol. The number of carbonyl (C=O) groups is 2. The number of ether oxygens (including phenoxy) is 2. The van der Waals surface area contributed by atoms with Crippen molar-refractivity contribution in [2.45, 2.75) is 38.9 Å². The lowest BCUT2D eigenvalue weighted by Gasteiger charge is -2.33. The highest BCUT2D eigenvalue weighted by Crippen LogP contribution is 2.22. The molecule has 0 aromatic heterocycles. The van der Waals surface area contributed by atoms with E-state index in [0.29, 0.717) is 47.1 Å². The number of halogens is 2. The third kappa shape index (κ3) is 7.04. The Morgan fingerprint density at radius 1 is 0.969 bits per heavy atom. The molecule has 0 unspecified atom stereocenters. The van der Waals surface area contributed by atoms with Crippen molar-refractivity contribution in [3.8, 4) is 11.5 Å². The molecule has 172 valence electrons. The Hall–Kier alpha value is -2.44. The predicted octanol–water partition coefficient (Wildman–Crippen LogP) is 4.58. The summed E-state index contributed by atoms with van der Waals surface area (Å²) in [5, 5.41) is 4.08. The first kappa shape index (κ1) is 24.2. The van der Waals surface area contributed by atoms with Crippen LogP contribution in [-0.2, 0) is 9.59 Å². The number of rotatable bonds is 8. The van der Waals surface area contributed by atoms with E-state index in [2.05, 4.69) is 5.32 Å².